The fourth-order valence-electron chi connectivity index (χ4n) is 1.60. The zero-order valence-electron chi connectivity index (χ0n) is 7.79. The standard InChI is InChI=1S/C11H12OS/c1-7-3-9(5-12)4-10-8(2)6-13-11(7)10/h3-4,6,12H,5H2,1-2H3. The predicted octanol–water partition coefficient (Wildman–Crippen LogP) is 3.01. The molecule has 2 rings (SSSR count). The maximum Gasteiger partial charge on any atom is 0.0682 e. The van der Waals surface area contributed by atoms with Crippen molar-refractivity contribution >= 4 is 21.4 Å². The van der Waals surface area contributed by atoms with E-state index in [0.717, 1.165) is 5.56 Å². The number of hydrogen-bond acceptors (Lipinski definition) is 2. The first-order valence-electron chi connectivity index (χ1n) is 4.30. The van der Waals surface area contributed by atoms with Gasteiger partial charge in [-0.1, -0.05) is 6.07 Å². The minimum absolute atomic E-state index is 0.131. The van der Waals surface area contributed by atoms with Gasteiger partial charge in [0.2, 0.25) is 0 Å². The van der Waals surface area contributed by atoms with Crippen molar-refractivity contribution in [1.82, 2.24) is 0 Å². The number of benzene rings is 1. The zero-order valence-corrected chi connectivity index (χ0v) is 8.61. The second kappa shape index (κ2) is 3.13. The van der Waals surface area contributed by atoms with Gasteiger partial charge in [0.15, 0.2) is 0 Å². The van der Waals surface area contributed by atoms with Crippen molar-refractivity contribution in [2.75, 3.05) is 0 Å². The van der Waals surface area contributed by atoms with Crippen LogP contribution in [0.5, 0.6) is 0 Å². The molecule has 1 aromatic heterocycles. The second-order valence-electron chi connectivity index (χ2n) is 3.37. The molecule has 13 heavy (non-hydrogen) atoms. The minimum atomic E-state index is 0.131. The van der Waals surface area contributed by atoms with Gasteiger partial charge >= 0.3 is 0 Å². The van der Waals surface area contributed by atoms with Crippen LogP contribution in [0.1, 0.15) is 16.7 Å². The van der Waals surface area contributed by atoms with Gasteiger partial charge in [-0.3, -0.25) is 0 Å². The molecular weight excluding hydrogens is 180 g/mol. The van der Waals surface area contributed by atoms with E-state index in [-0.39, 0.29) is 6.61 Å². The number of aryl methyl sites for hydroxylation is 2. The van der Waals surface area contributed by atoms with Gasteiger partial charge in [0.05, 0.1) is 6.61 Å². The van der Waals surface area contributed by atoms with E-state index in [4.69, 9.17) is 5.11 Å². The van der Waals surface area contributed by atoms with Gasteiger partial charge in [0, 0.05) is 4.70 Å². The topological polar surface area (TPSA) is 20.2 Å². The van der Waals surface area contributed by atoms with E-state index in [1.54, 1.807) is 11.3 Å². The first-order chi connectivity index (χ1) is 6.22. The molecule has 0 radical (unpaired) electrons. The van der Waals surface area contributed by atoms with Crippen molar-refractivity contribution in [3.63, 3.8) is 0 Å². The normalized spacial score (nSPS) is 11.0. The molecular formula is C11H12OS. The summed E-state index contributed by atoms with van der Waals surface area (Å²) in [5, 5.41) is 12.5. The van der Waals surface area contributed by atoms with Gasteiger partial charge in [-0.25, -0.2) is 0 Å². The lowest BCUT2D eigenvalue weighted by atomic mass is 10.1. The first kappa shape index (κ1) is 8.73. The lowest BCUT2D eigenvalue weighted by Crippen LogP contribution is -1.84. The van der Waals surface area contributed by atoms with Crippen LogP contribution in [0.2, 0.25) is 0 Å². The highest BCUT2D eigenvalue weighted by molar-refractivity contribution is 7.17. The van der Waals surface area contributed by atoms with Crippen molar-refractivity contribution in [2.24, 2.45) is 0 Å². The zero-order chi connectivity index (χ0) is 9.42. The Morgan fingerprint density at radius 2 is 2.00 bits per heavy atom. The van der Waals surface area contributed by atoms with Crippen molar-refractivity contribution in [2.45, 2.75) is 20.5 Å². The smallest absolute Gasteiger partial charge is 0.0682 e. The Kier molecular flexibility index (Phi) is 2.10. The summed E-state index contributed by atoms with van der Waals surface area (Å²) in [7, 11) is 0. The predicted molar refractivity (Wildman–Crippen MR) is 57.2 cm³/mol. The third-order valence-corrected chi connectivity index (χ3v) is 3.54. The summed E-state index contributed by atoms with van der Waals surface area (Å²) in [6, 6.07) is 4.13. The highest BCUT2D eigenvalue weighted by Crippen LogP contribution is 2.29. The Morgan fingerprint density at radius 3 is 2.69 bits per heavy atom. The first-order valence-corrected chi connectivity index (χ1v) is 5.18. The number of hydrogen-bond donors (Lipinski definition) is 1. The molecule has 1 N–H and O–H groups in total. The van der Waals surface area contributed by atoms with Crippen LogP contribution in [0.15, 0.2) is 17.5 Å². The third kappa shape index (κ3) is 1.36. The second-order valence-corrected chi connectivity index (χ2v) is 4.25. The number of aliphatic hydroxyl groups is 1. The molecule has 0 saturated carbocycles. The van der Waals surface area contributed by atoms with Gasteiger partial charge in [-0.05, 0) is 47.4 Å². The molecule has 2 heteroatoms. The van der Waals surface area contributed by atoms with E-state index in [0.29, 0.717) is 0 Å². The molecule has 0 aliphatic heterocycles. The average Bonchev–Trinajstić information content (AvgIpc) is 2.48. The Morgan fingerprint density at radius 1 is 1.23 bits per heavy atom. The quantitative estimate of drug-likeness (QED) is 0.736. The molecule has 0 fully saturated rings. The summed E-state index contributed by atoms with van der Waals surface area (Å²) in [6.07, 6.45) is 0. The lowest BCUT2D eigenvalue weighted by Gasteiger charge is -2.01. The van der Waals surface area contributed by atoms with Crippen molar-refractivity contribution < 1.29 is 5.11 Å². The van der Waals surface area contributed by atoms with Crippen molar-refractivity contribution in [3.8, 4) is 0 Å². The highest BCUT2D eigenvalue weighted by atomic mass is 32.1. The largest absolute Gasteiger partial charge is 0.392 e. The van der Waals surface area contributed by atoms with E-state index in [2.05, 4.69) is 31.4 Å². The summed E-state index contributed by atoms with van der Waals surface area (Å²) < 4.78 is 1.34. The summed E-state index contributed by atoms with van der Waals surface area (Å²) in [5.41, 5.74) is 3.57. The fraction of sp³-hybridized carbons (Fsp3) is 0.273. The van der Waals surface area contributed by atoms with Crippen LogP contribution in [0, 0.1) is 13.8 Å². The molecule has 0 unspecified atom stereocenters. The summed E-state index contributed by atoms with van der Waals surface area (Å²) in [4.78, 5) is 0. The van der Waals surface area contributed by atoms with Gasteiger partial charge in [0.25, 0.3) is 0 Å². The average molecular weight is 192 g/mol. The molecule has 1 heterocycles. The van der Waals surface area contributed by atoms with Crippen LogP contribution in [-0.4, -0.2) is 5.11 Å². The van der Waals surface area contributed by atoms with Crippen molar-refractivity contribution in [1.29, 1.82) is 0 Å². The van der Waals surface area contributed by atoms with Crippen LogP contribution in [-0.2, 0) is 6.61 Å². The molecule has 0 amide bonds. The number of fused-ring (bicyclic) bond motifs is 1. The summed E-state index contributed by atoms with van der Waals surface area (Å²) >= 11 is 1.78. The van der Waals surface area contributed by atoms with Crippen LogP contribution in [0.3, 0.4) is 0 Å². The maximum atomic E-state index is 9.05. The van der Waals surface area contributed by atoms with Crippen molar-refractivity contribution in [3.05, 3.63) is 34.2 Å². The van der Waals surface area contributed by atoms with Crippen LogP contribution < -0.4 is 0 Å². The molecule has 0 saturated heterocycles. The minimum Gasteiger partial charge on any atom is -0.392 e. The molecule has 0 aliphatic carbocycles. The third-order valence-electron chi connectivity index (χ3n) is 2.30. The highest BCUT2D eigenvalue weighted by Gasteiger charge is 2.04. The van der Waals surface area contributed by atoms with Gasteiger partial charge in [-0.2, -0.15) is 0 Å². The molecule has 0 bridgehead atoms. The van der Waals surface area contributed by atoms with E-state index < -0.39 is 0 Å². The Bertz CT molecular complexity index is 443. The van der Waals surface area contributed by atoms with E-state index in [1.807, 2.05) is 0 Å². The maximum absolute atomic E-state index is 9.05. The van der Waals surface area contributed by atoms with E-state index in [9.17, 15) is 0 Å². The Labute approximate surface area is 81.6 Å². The van der Waals surface area contributed by atoms with Gasteiger partial charge in [0.1, 0.15) is 0 Å². The Balaban J connectivity index is 2.80. The van der Waals surface area contributed by atoms with Gasteiger partial charge in [-0.15, -0.1) is 11.3 Å². The number of rotatable bonds is 1. The molecule has 68 valence electrons. The van der Waals surface area contributed by atoms with Crippen LogP contribution >= 0.6 is 11.3 Å². The van der Waals surface area contributed by atoms with E-state index in [1.165, 1.54) is 21.2 Å². The molecule has 1 nitrogen and oxygen atoms in total. The summed E-state index contributed by atoms with van der Waals surface area (Å²) in [6.45, 7) is 4.34. The molecule has 0 spiro atoms. The SMILES string of the molecule is Cc1csc2c(C)cc(CO)cc12. The van der Waals surface area contributed by atoms with Gasteiger partial charge < -0.3 is 5.11 Å². The van der Waals surface area contributed by atoms with Crippen LogP contribution in [0.25, 0.3) is 10.1 Å². The molecule has 2 aromatic rings. The number of aliphatic hydroxyl groups excluding tert-OH is 1. The summed E-state index contributed by atoms with van der Waals surface area (Å²) in [5.74, 6) is 0. The Hall–Kier alpha value is -0.860. The van der Waals surface area contributed by atoms with E-state index >= 15 is 0 Å². The molecule has 0 aliphatic rings. The monoisotopic (exact) mass is 192 g/mol. The molecule has 0 atom stereocenters. The van der Waals surface area contributed by atoms with Crippen LogP contribution in [0.4, 0.5) is 0 Å². The number of thiophene rings is 1. The molecule has 1 aromatic carbocycles. The fourth-order valence-corrected chi connectivity index (χ4v) is 2.61. The lowest BCUT2D eigenvalue weighted by molar-refractivity contribution is 0.282.